The van der Waals surface area contributed by atoms with Gasteiger partial charge in [-0.2, -0.15) is 0 Å². The van der Waals surface area contributed by atoms with Crippen LogP contribution in [0.5, 0.6) is 5.75 Å². The van der Waals surface area contributed by atoms with Gasteiger partial charge in [0.25, 0.3) is 5.91 Å². The number of hydrazine groups is 1. The molecule has 7 heteroatoms. The number of hydrogen-bond acceptors (Lipinski definition) is 4. The summed E-state index contributed by atoms with van der Waals surface area (Å²) in [5.41, 5.74) is 6.75. The SMILES string of the molecule is CCCC(=O)NC(=S)NNC(=O)COc1c(C)cccc1C. The van der Waals surface area contributed by atoms with Crippen molar-refractivity contribution in [3.05, 3.63) is 29.3 Å². The van der Waals surface area contributed by atoms with Crippen LogP contribution in [0, 0.1) is 13.8 Å². The van der Waals surface area contributed by atoms with Gasteiger partial charge in [-0.25, -0.2) is 0 Å². The molecule has 0 unspecified atom stereocenters. The Bertz CT molecular complexity index is 541. The maximum absolute atomic E-state index is 11.7. The summed E-state index contributed by atoms with van der Waals surface area (Å²) in [5, 5.41) is 2.51. The van der Waals surface area contributed by atoms with E-state index in [1.807, 2.05) is 39.0 Å². The Hall–Kier alpha value is -2.15. The Morgan fingerprint density at radius 3 is 2.36 bits per heavy atom. The second kappa shape index (κ2) is 8.99. The van der Waals surface area contributed by atoms with Gasteiger partial charge in [-0.05, 0) is 43.6 Å². The Kier molecular flexibility index (Phi) is 7.31. The molecule has 3 N–H and O–H groups in total. The molecular formula is C15H21N3O3S. The fourth-order valence-electron chi connectivity index (χ4n) is 1.77. The van der Waals surface area contributed by atoms with Crippen LogP contribution in [0.4, 0.5) is 0 Å². The summed E-state index contributed by atoms with van der Waals surface area (Å²) in [6.45, 7) is 5.57. The second-order valence-electron chi connectivity index (χ2n) is 4.81. The number of ether oxygens (including phenoxy) is 1. The molecule has 0 saturated heterocycles. The van der Waals surface area contributed by atoms with Gasteiger partial charge in [0.15, 0.2) is 11.7 Å². The van der Waals surface area contributed by atoms with Crippen molar-refractivity contribution in [2.75, 3.05) is 6.61 Å². The first kappa shape index (κ1) is 17.9. The number of rotatable bonds is 5. The van der Waals surface area contributed by atoms with E-state index < -0.39 is 5.91 Å². The van der Waals surface area contributed by atoms with Crippen molar-refractivity contribution in [3.8, 4) is 5.75 Å². The summed E-state index contributed by atoms with van der Waals surface area (Å²) in [6, 6.07) is 5.75. The van der Waals surface area contributed by atoms with Crippen LogP contribution in [0.25, 0.3) is 0 Å². The first-order valence-corrected chi connectivity index (χ1v) is 7.42. The minimum Gasteiger partial charge on any atom is -0.483 e. The zero-order valence-electron chi connectivity index (χ0n) is 13.0. The molecule has 0 saturated carbocycles. The van der Waals surface area contributed by atoms with Gasteiger partial charge in [0.1, 0.15) is 5.75 Å². The van der Waals surface area contributed by atoms with E-state index in [1.165, 1.54) is 0 Å². The molecule has 0 radical (unpaired) electrons. The van der Waals surface area contributed by atoms with Crippen LogP contribution in [0.15, 0.2) is 18.2 Å². The molecule has 0 atom stereocenters. The van der Waals surface area contributed by atoms with Crippen molar-refractivity contribution >= 4 is 29.1 Å². The van der Waals surface area contributed by atoms with Crippen molar-refractivity contribution in [2.24, 2.45) is 0 Å². The molecule has 0 aliphatic carbocycles. The predicted molar refractivity (Wildman–Crippen MR) is 88.3 cm³/mol. The fourth-order valence-corrected chi connectivity index (χ4v) is 1.94. The molecule has 0 heterocycles. The van der Waals surface area contributed by atoms with Crippen LogP contribution in [0.1, 0.15) is 30.9 Å². The predicted octanol–water partition coefficient (Wildman–Crippen LogP) is 1.50. The highest BCUT2D eigenvalue weighted by atomic mass is 32.1. The third kappa shape index (κ3) is 6.09. The summed E-state index contributed by atoms with van der Waals surface area (Å²) in [5.74, 6) is 0.104. The van der Waals surface area contributed by atoms with E-state index in [0.29, 0.717) is 12.2 Å². The van der Waals surface area contributed by atoms with Crippen LogP contribution in [0.2, 0.25) is 0 Å². The smallest absolute Gasteiger partial charge is 0.276 e. The molecule has 0 fully saturated rings. The lowest BCUT2D eigenvalue weighted by Gasteiger charge is -2.13. The summed E-state index contributed by atoms with van der Waals surface area (Å²) in [4.78, 5) is 23.0. The van der Waals surface area contributed by atoms with Crippen LogP contribution in [-0.4, -0.2) is 23.5 Å². The summed E-state index contributed by atoms with van der Waals surface area (Å²) >= 11 is 4.88. The first-order valence-electron chi connectivity index (χ1n) is 7.01. The first-order chi connectivity index (χ1) is 10.4. The zero-order valence-corrected chi connectivity index (χ0v) is 13.8. The molecule has 0 spiro atoms. The van der Waals surface area contributed by atoms with Crippen LogP contribution in [0.3, 0.4) is 0 Å². The van der Waals surface area contributed by atoms with Crippen molar-refractivity contribution in [1.29, 1.82) is 0 Å². The second-order valence-corrected chi connectivity index (χ2v) is 5.22. The number of carbonyl (C=O) groups excluding carboxylic acids is 2. The third-order valence-electron chi connectivity index (χ3n) is 2.80. The highest BCUT2D eigenvalue weighted by Crippen LogP contribution is 2.21. The highest BCUT2D eigenvalue weighted by Gasteiger charge is 2.08. The lowest BCUT2D eigenvalue weighted by Crippen LogP contribution is -2.49. The Morgan fingerprint density at radius 2 is 1.77 bits per heavy atom. The molecule has 2 amide bonds. The topological polar surface area (TPSA) is 79.5 Å². The Balaban J connectivity index is 2.35. The molecule has 22 heavy (non-hydrogen) atoms. The molecule has 0 bridgehead atoms. The average molecular weight is 323 g/mol. The van der Waals surface area contributed by atoms with Crippen LogP contribution >= 0.6 is 12.2 Å². The highest BCUT2D eigenvalue weighted by molar-refractivity contribution is 7.80. The van der Waals surface area contributed by atoms with E-state index in [4.69, 9.17) is 17.0 Å². The van der Waals surface area contributed by atoms with Crippen LogP contribution in [-0.2, 0) is 9.59 Å². The van der Waals surface area contributed by atoms with Crippen molar-refractivity contribution in [3.63, 3.8) is 0 Å². The zero-order chi connectivity index (χ0) is 16.5. The van der Waals surface area contributed by atoms with Gasteiger partial charge in [0.05, 0.1) is 0 Å². The summed E-state index contributed by atoms with van der Waals surface area (Å²) < 4.78 is 5.50. The molecule has 120 valence electrons. The normalized spacial score (nSPS) is 9.77. The van der Waals surface area contributed by atoms with Crippen molar-refractivity contribution in [1.82, 2.24) is 16.2 Å². The van der Waals surface area contributed by atoms with Gasteiger partial charge < -0.3 is 10.1 Å². The van der Waals surface area contributed by atoms with E-state index >= 15 is 0 Å². The van der Waals surface area contributed by atoms with E-state index in [9.17, 15) is 9.59 Å². The van der Waals surface area contributed by atoms with Crippen molar-refractivity contribution < 1.29 is 14.3 Å². The number of aryl methyl sites for hydroxylation is 2. The Morgan fingerprint density at radius 1 is 1.14 bits per heavy atom. The van der Waals surface area contributed by atoms with Gasteiger partial charge in [0, 0.05) is 6.42 Å². The molecule has 0 aliphatic heterocycles. The molecule has 1 aromatic rings. The molecule has 0 aromatic heterocycles. The number of para-hydroxylation sites is 1. The lowest BCUT2D eigenvalue weighted by atomic mass is 10.1. The van der Waals surface area contributed by atoms with Crippen LogP contribution < -0.4 is 20.9 Å². The number of hydrogen-bond donors (Lipinski definition) is 3. The van der Waals surface area contributed by atoms with Gasteiger partial charge >= 0.3 is 0 Å². The third-order valence-corrected chi connectivity index (χ3v) is 3.01. The van der Waals surface area contributed by atoms with Crippen molar-refractivity contribution in [2.45, 2.75) is 33.6 Å². The van der Waals surface area contributed by atoms with E-state index in [1.54, 1.807) is 0 Å². The number of benzene rings is 1. The molecule has 0 aliphatic rings. The fraction of sp³-hybridized carbons (Fsp3) is 0.400. The van der Waals surface area contributed by atoms with Gasteiger partial charge in [-0.15, -0.1) is 0 Å². The molecule has 6 nitrogen and oxygen atoms in total. The van der Waals surface area contributed by atoms with Gasteiger partial charge in [-0.3, -0.25) is 20.4 Å². The van der Waals surface area contributed by atoms with E-state index in [-0.39, 0.29) is 17.6 Å². The number of amides is 2. The minimum atomic E-state index is -0.394. The number of carbonyl (C=O) groups is 2. The molecular weight excluding hydrogens is 302 g/mol. The molecule has 1 aromatic carbocycles. The van der Waals surface area contributed by atoms with E-state index in [2.05, 4.69) is 16.2 Å². The summed E-state index contributed by atoms with van der Waals surface area (Å²) in [7, 11) is 0. The monoisotopic (exact) mass is 323 g/mol. The van der Waals surface area contributed by atoms with E-state index in [0.717, 1.165) is 17.5 Å². The maximum Gasteiger partial charge on any atom is 0.276 e. The largest absolute Gasteiger partial charge is 0.483 e. The van der Waals surface area contributed by atoms with Gasteiger partial charge in [0.2, 0.25) is 5.91 Å². The quantitative estimate of drug-likeness (QED) is 0.565. The van der Waals surface area contributed by atoms with Gasteiger partial charge in [-0.1, -0.05) is 25.1 Å². The average Bonchev–Trinajstić information content (AvgIpc) is 2.44. The maximum atomic E-state index is 11.7. The number of thiocarbonyl (C=S) groups is 1. The lowest BCUT2D eigenvalue weighted by molar-refractivity contribution is -0.124. The standard InChI is InChI=1S/C15H21N3O3S/c1-4-6-12(19)16-15(22)18-17-13(20)9-21-14-10(2)7-5-8-11(14)3/h5,7-8H,4,6,9H2,1-3H3,(H,17,20)(H2,16,18,19,22). The Labute approximate surface area is 135 Å². The number of nitrogens with one attached hydrogen (secondary N) is 3. The minimum absolute atomic E-state index is 0.0545. The molecule has 1 rings (SSSR count). The summed E-state index contributed by atoms with van der Waals surface area (Å²) in [6.07, 6.45) is 1.11.